The summed E-state index contributed by atoms with van der Waals surface area (Å²) in [6.45, 7) is 8.70. The molecule has 5 nitrogen and oxygen atoms in total. The number of alkyl halides is 3. The SMILES string of the molecule is C[C@@H](C1CCNCC1)N1CC2(CCN(c3ncnc4sc(CC(F)(F)F)cc34)C2)C1. The lowest BCUT2D eigenvalue weighted by molar-refractivity contribution is -0.126. The topological polar surface area (TPSA) is 44.3 Å². The minimum atomic E-state index is -4.20. The van der Waals surface area contributed by atoms with Crippen LogP contribution in [0.15, 0.2) is 12.4 Å². The quantitative estimate of drug-likeness (QED) is 0.787. The summed E-state index contributed by atoms with van der Waals surface area (Å²) in [5.74, 6) is 1.58. The molecule has 3 fully saturated rings. The molecule has 2 aromatic rings. The summed E-state index contributed by atoms with van der Waals surface area (Å²) in [7, 11) is 0. The summed E-state index contributed by atoms with van der Waals surface area (Å²) in [4.78, 5) is 14.5. The molecule has 30 heavy (non-hydrogen) atoms. The highest BCUT2D eigenvalue weighted by Gasteiger charge is 2.50. The zero-order valence-electron chi connectivity index (χ0n) is 17.2. The number of anilines is 1. The zero-order valence-corrected chi connectivity index (χ0v) is 18.0. The Bertz CT molecular complexity index is 902. The van der Waals surface area contributed by atoms with E-state index < -0.39 is 12.6 Å². The molecule has 0 amide bonds. The maximum Gasteiger partial charge on any atom is 0.393 e. The monoisotopic (exact) mass is 439 g/mol. The number of halogens is 3. The lowest BCUT2D eigenvalue weighted by Gasteiger charge is -2.53. The van der Waals surface area contributed by atoms with Crippen molar-refractivity contribution in [2.75, 3.05) is 44.2 Å². The van der Waals surface area contributed by atoms with Crippen molar-refractivity contribution in [2.45, 2.75) is 44.8 Å². The van der Waals surface area contributed by atoms with Crippen molar-refractivity contribution in [1.29, 1.82) is 0 Å². The fraction of sp³-hybridized carbons (Fsp3) is 0.714. The molecular formula is C21H28F3N5S. The largest absolute Gasteiger partial charge is 0.393 e. The molecule has 0 aromatic carbocycles. The summed E-state index contributed by atoms with van der Waals surface area (Å²) >= 11 is 1.13. The number of fused-ring (bicyclic) bond motifs is 1. The number of thiophene rings is 1. The average Bonchev–Trinajstić information content (AvgIpc) is 3.29. The normalized spacial score (nSPS) is 23.9. The van der Waals surface area contributed by atoms with Crippen LogP contribution in [0.4, 0.5) is 19.0 Å². The summed E-state index contributed by atoms with van der Waals surface area (Å²) in [5.41, 5.74) is 0.295. The summed E-state index contributed by atoms with van der Waals surface area (Å²) in [6.07, 6.45) is 0.0200. The van der Waals surface area contributed by atoms with Crippen molar-refractivity contribution in [3.63, 3.8) is 0 Å². The molecule has 0 aliphatic carbocycles. The van der Waals surface area contributed by atoms with Crippen molar-refractivity contribution in [1.82, 2.24) is 20.2 Å². The van der Waals surface area contributed by atoms with Crippen LogP contribution in [0.1, 0.15) is 31.1 Å². The Labute approximate surface area is 178 Å². The van der Waals surface area contributed by atoms with Gasteiger partial charge in [0.05, 0.1) is 11.8 Å². The lowest BCUT2D eigenvalue weighted by atomic mass is 9.76. The lowest BCUT2D eigenvalue weighted by Crippen LogP contribution is -2.62. The minimum Gasteiger partial charge on any atom is -0.355 e. The number of likely N-dealkylation sites (tertiary alicyclic amines) is 1. The first-order valence-electron chi connectivity index (χ1n) is 10.8. The Balaban J connectivity index is 1.27. The first kappa shape index (κ1) is 20.5. The van der Waals surface area contributed by atoms with E-state index in [0.717, 1.165) is 74.1 Å². The second-order valence-electron chi connectivity index (χ2n) is 9.33. The second-order valence-corrected chi connectivity index (χ2v) is 10.4. The first-order chi connectivity index (χ1) is 14.3. The predicted octanol–water partition coefficient (Wildman–Crippen LogP) is 3.70. The highest BCUT2D eigenvalue weighted by molar-refractivity contribution is 7.18. The van der Waals surface area contributed by atoms with Gasteiger partial charge < -0.3 is 10.2 Å². The minimum absolute atomic E-state index is 0.295. The van der Waals surface area contributed by atoms with Gasteiger partial charge in [0.1, 0.15) is 17.0 Å². The van der Waals surface area contributed by atoms with Crippen LogP contribution in [0.25, 0.3) is 10.2 Å². The standard InChI is InChI=1S/C21H28F3N5S/c1-14(15-2-5-25-6-3-15)29-11-20(12-29)4-7-28(10-20)18-17-8-16(9-21(22,23)24)30-19(17)27-13-26-18/h8,13-15,25H,2-7,9-12H2,1H3/t14-/m0/s1. The molecule has 0 radical (unpaired) electrons. The van der Waals surface area contributed by atoms with Crippen LogP contribution < -0.4 is 10.2 Å². The molecule has 1 N–H and O–H groups in total. The van der Waals surface area contributed by atoms with Crippen LogP contribution in [0.2, 0.25) is 0 Å². The molecule has 0 saturated carbocycles. The molecule has 5 rings (SSSR count). The maximum atomic E-state index is 12.8. The first-order valence-corrected chi connectivity index (χ1v) is 11.6. The molecule has 0 unspecified atom stereocenters. The Hall–Kier alpha value is -1.45. The average molecular weight is 440 g/mol. The Morgan fingerprint density at radius 2 is 2.00 bits per heavy atom. The number of aromatic nitrogens is 2. The highest BCUT2D eigenvalue weighted by atomic mass is 32.1. The summed E-state index contributed by atoms with van der Waals surface area (Å²) in [6, 6.07) is 2.26. The number of hydrogen-bond acceptors (Lipinski definition) is 6. The van der Waals surface area contributed by atoms with Crippen molar-refractivity contribution in [2.24, 2.45) is 11.3 Å². The van der Waals surface area contributed by atoms with Crippen LogP contribution in [0.5, 0.6) is 0 Å². The third-order valence-corrected chi connectivity index (χ3v) is 8.23. The van der Waals surface area contributed by atoms with Crippen molar-refractivity contribution in [3.8, 4) is 0 Å². The number of hydrogen-bond donors (Lipinski definition) is 1. The summed E-state index contributed by atoms with van der Waals surface area (Å²) in [5, 5.41) is 4.21. The zero-order chi connectivity index (χ0) is 20.9. The molecule has 0 bridgehead atoms. The molecular weight excluding hydrogens is 411 g/mol. The van der Waals surface area contributed by atoms with Crippen molar-refractivity contribution >= 4 is 27.4 Å². The fourth-order valence-corrected chi connectivity index (χ4v) is 6.55. The van der Waals surface area contributed by atoms with E-state index in [1.165, 1.54) is 19.2 Å². The molecule has 3 saturated heterocycles. The Kier molecular flexibility index (Phi) is 5.18. The predicted molar refractivity (Wildman–Crippen MR) is 113 cm³/mol. The van der Waals surface area contributed by atoms with E-state index in [1.54, 1.807) is 6.07 Å². The van der Waals surface area contributed by atoms with Gasteiger partial charge >= 0.3 is 6.18 Å². The molecule has 1 spiro atoms. The molecule has 3 aliphatic heterocycles. The van der Waals surface area contributed by atoms with Gasteiger partial charge in [-0.1, -0.05) is 0 Å². The number of nitrogens with one attached hydrogen (secondary N) is 1. The van der Waals surface area contributed by atoms with E-state index in [1.807, 2.05) is 0 Å². The van der Waals surface area contributed by atoms with Crippen LogP contribution in [0, 0.1) is 11.3 Å². The number of rotatable bonds is 4. The van der Waals surface area contributed by atoms with E-state index in [0.29, 0.717) is 21.2 Å². The van der Waals surface area contributed by atoms with Crippen molar-refractivity contribution in [3.05, 3.63) is 17.3 Å². The van der Waals surface area contributed by atoms with E-state index in [4.69, 9.17) is 0 Å². The van der Waals surface area contributed by atoms with Crippen LogP contribution in [-0.4, -0.2) is 66.4 Å². The van der Waals surface area contributed by atoms with Gasteiger partial charge in [0, 0.05) is 42.5 Å². The number of nitrogens with zero attached hydrogens (tertiary/aromatic N) is 4. The third-order valence-electron chi connectivity index (χ3n) is 7.19. The van der Waals surface area contributed by atoms with Gasteiger partial charge in [-0.25, -0.2) is 9.97 Å². The van der Waals surface area contributed by atoms with E-state index in [9.17, 15) is 13.2 Å². The van der Waals surface area contributed by atoms with Crippen LogP contribution in [0.3, 0.4) is 0 Å². The smallest absolute Gasteiger partial charge is 0.355 e. The van der Waals surface area contributed by atoms with Crippen LogP contribution >= 0.6 is 11.3 Å². The van der Waals surface area contributed by atoms with Crippen molar-refractivity contribution < 1.29 is 13.2 Å². The van der Waals surface area contributed by atoms with Crippen LogP contribution in [-0.2, 0) is 6.42 Å². The van der Waals surface area contributed by atoms with Gasteiger partial charge in [0.25, 0.3) is 0 Å². The van der Waals surface area contributed by atoms with Gasteiger partial charge in [0.15, 0.2) is 0 Å². The Morgan fingerprint density at radius 1 is 1.23 bits per heavy atom. The Morgan fingerprint density at radius 3 is 2.73 bits per heavy atom. The second kappa shape index (κ2) is 7.60. The molecule has 1 atom stereocenters. The summed E-state index contributed by atoms with van der Waals surface area (Å²) < 4.78 is 38.4. The maximum absolute atomic E-state index is 12.8. The van der Waals surface area contributed by atoms with Gasteiger partial charge in [-0.2, -0.15) is 13.2 Å². The number of piperidine rings is 1. The van der Waals surface area contributed by atoms with Gasteiger partial charge in [0.2, 0.25) is 0 Å². The highest BCUT2D eigenvalue weighted by Crippen LogP contribution is 2.44. The molecule has 9 heteroatoms. The third kappa shape index (κ3) is 3.91. The van der Waals surface area contributed by atoms with Gasteiger partial charge in [-0.05, 0) is 51.3 Å². The molecule has 3 aliphatic rings. The van der Waals surface area contributed by atoms with E-state index >= 15 is 0 Å². The van der Waals surface area contributed by atoms with E-state index in [-0.39, 0.29) is 0 Å². The van der Waals surface area contributed by atoms with Gasteiger partial charge in [-0.3, -0.25) is 4.90 Å². The molecule has 5 heterocycles. The molecule has 2 aromatic heterocycles. The fourth-order valence-electron chi connectivity index (χ4n) is 5.53. The van der Waals surface area contributed by atoms with Gasteiger partial charge in [-0.15, -0.1) is 11.3 Å². The molecule has 164 valence electrons. The van der Waals surface area contributed by atoms with E-state index in [2.05, 4.69) is 32.0 Å².